The van der Waals surface area contributed by atoms with Crippen LogP contribution in [-0.2, 0) is 9.47 Å². The number of carbonyl (C=O) groups is 1. The fourth-order valence-electron chi connectivity index (χ4n) is 2.68. The summed E-state index contributed by atoms with van der Waals surface area (Å²) < 4.78 is 12.4. The van der Waals surface area contributed by atoms with E-state index in [2.05, 4.69) is 5.10 Å². The third-order valence-corrected chi connectivity index (χ3v) is 4.19. The largest absolute Gasteiger partial charge is 0.457 e. The zero-order valence-electron chi connectivity index (χ0n) is 12.8. The Bertz CT molecular complexity index is 632. The lowest BCUT2D eigenvalue weighted by Crippen LogP contribution is -2.38. The van der Waals surface area contributed by atoms with Gasteiger partial charge in [0.05, 0.1) is 12.1 Å². The van der Waals surface area contributed by atoms with E-state index >= 15 is 0 Å². The van der Waals surface area contributed by atoms with Gasteiger partial charge in [0.15, 0.2) is 0 Å². The zero-order valence-corrected chi connectivity index (χ0v) is 12.8. The minimum absolute atomic E-state index is 0.0214. The molecule has 3 rings (SSSR count). The van der Waals surface area contributed by atoms with Crippen molar-refractivity contribution in [3.8, 4) is 0 Å². The van der Waals surface area contributed by atoms with Crippen LogP contribution in [0.3, 0.4) is 0 Å². The van der Waals surface area contributed by atoms with Crippen LogP contribution in [0.25, 0.3) is 0 Å². The topological polar surface area (TPSA) is 53.4 Å². The number of hydrogen-bond acceptors (Lipinski definition) is 4. The van der Waals surface area contributed by atoms with Crippen molar-refractivity contribution in [2.75, 3.05) is 7.11 Å². The van der Waals surface area contributed by atoms with Gasteiger partial charge in [-0.1, -0.05) is 30.3 Å². The van der Waals surface area contributed by atoms with Crippen molar-refractivity contribution in [2.24, 2.45) is 0 Å². The van der Waals surface area contributed by atoms with E-state index in [0.717, 1.165) is 18.4 Å². The third kappa shape index (κ3) is 2.90. The Morgan fingerprint density at radius 2 is 1.95 bits per heavy atom. The second kappa shape index (κ2) is 6.32. The number of esters is 1. The molecule has 0 bridgehead atoms. The second-order valence-electron chi connectivity index (χ2n) is 5.60. The minimum atomic E-state index is -0.320. The number of carbonyl (C=O) groups excluding carboxylic acids is 1. The number of hydrogen-bond donors (Lipinski definition) is 0. The number of benzene rings is 1. The van der Waals surface area contributed by atoms with E-state index in [9.17, 15) is 4.79 Å². The maximum Gasteiger partial charge on any atom is 0.356 e. The highest BCUT2D eigenvalue weighted by Gasteiger charge is 2.33. The zero-order chi connectivity index (χ0) is 15.5. The van der Waals surface area contributed by atoms with Crippen molar-refractivity contribution in [1.82, 2.24) is 9.78 Å². The summed E-state index contributed by atoms with van der Waals surface area (Å²) in [6.07, 6.45) is 3.34. The van der Waals surface area contributed by atoms with E-state index in [0.29, 0.717) is 5.69 Å². The third-order valence-electron chi connectivity index (χ3n) is 4.19. The van der Waals surface area contributed by atoms with Crippen LogP contribution >= 0.6 is 0 Å². The molecular formula is C17H20N2O3. The van der Waals surface area contributed by atoms with E-state index in [1.807, 2.05) is 37.3 Å². The van der Waals surface area contributed by atoms with E-state index in [-0.39, 0.29) is 24.2 Å². The first kappa shape index (κ1) is 14.8. The molecule has 5 heteroatoms. The summed E-state index contributed by atoms with van der Waals surface area (Å²) in [5.74, 6) is -0.320. The first-order chi connectivity index (χ1) is 10.7. The van der Waals surface area contributed by atoms with Crippen LogP contribution in [0, 0.1) is 0 Å². The fourth-order valence-corrected chi connectivity index (χ4v) is 2.68. The summed E-state index contributed by atoms with van der Waals surface area (Å²) in [5.41, 5.74) is 1.58. The Balaban J connectivity index is 1.71. The van der Waals surface area contributed by atoms with Crippen LogP contribution in [0.2, 0.25) is 0 Å². The number of ether oxygens (including phenoxy) is 2. The molecule has 0 radical (unpaired) electrons. The summed E-state index contributed by atoms with van der Waals surface area (Å²) in [6, 6.07) is 11.7. The van der Waals surface area contributed by atoms with Gasteiger partial charge in [0, 0.05) is 26.1 Å². The molecule has 0 unspecified atom stereocenters. The predicted octanol–water partition coefficient (Wildman–Crippen LogP) is 2.83. The van der Waals surface area contributed by atoms with E-state index in [1.54, 1.807) is 24.1 Å². The van der Waals surface area contributed by atoms with Crippen molar-refractivity contribution < 1.29 is 14.3 Å². The Morgan fingerprint density at radius 1 is 1.23 bits per heavy atom. The Hall–Kier alpha value is -2.14. The molecule has 0 saturated heterocycles. The highest BCUT2D eigenvalue weighted by Crippen LogP contribution is 2.27. The highest BCUT2D eigenvalue weighted by atomic mass is 16.6. The van der Waals surface area contributed by atoms with Gasteiger partial charge in [-0.25, -0.2) is 4.79 Å². The molecule has 1 aromatic heterocycles. The molecule has 1 heterocycles. The molecule has 1 atom stereocenters. The van der Waals surface area contributed by atoms with Gasteiger partial charge >= 0.3 is 5.97 Å². The molecule has 0 N–H and O–H groups in total. The molecule has 1 aliphatic rings. The van der Waals surface area contributed by atoms with Crippen molar-refractivity contribution in [3.05, 3.63) is 53.9 Å². The molecule has 2 aromatic rings. The second-order valence-corrected chi connectivity index (χ2v) is 5.60. The first-order valence-corrected chi connectivity index (χ1v) is 7.51. The van der Waals surface area contributed by atoms with Crippen molar-refractivity contribution in [1.29, 1.82) is 0 Å². The van der Waals surface area contributed by atoms with Crippen molar-refractivity contribution in [3.63, 3.8) is 0 Å². The molecular weight excluding hydrogens is 280 g/mol. The molecule has 22 heavy (non-hydrogen) atoms. The quantitative estimate of drug-likeness (QED) is 0.797. The number of rotatable bonds is 5. The number of methoxy groups -OCH3 is 1. The van der Waals surface area contributed by atoms with Gasteiger partial charge in [0.25, 0.3) is 0 Å². The van der Waals surface area contributed by atoms with Gasteiger partial charge < -0.3 is 9.47 Å². The maximum absolute atomic E-state index is 12.3. The molecule has 0 spiro atoms. The lowest BCUT2D eigenvalue weighted by Gasteiger charge is -2.33. The summed E-state index contributed by atoms with van der Waals surface area (Å²) >= 11 is 0. The molecule has 1 aromatic carbocycles. The summed E-state index contributed by atoms with van der Waals surface area (Å²) in [6.45, 7) is 2.02. The van der Waals surface area contributed by atoms with Crippen LogP contribution in [0.15, 0.2) is 42.6 Å². The molecule has 1 aliphatic carbocycles. The molecule has 0 aliphatic heterocycles. The highest BCUT2D eigenvalue weighted by molar-refractivity contribution is 5.87. The van der Waals surface area contributed by atoms with Gasteiger partial charge in [-0.15, -0.1) is 0 Å². The predicted molar refractivity (Wildman–Crippen MR) is 81.7 cm³/mol. The van der Waals surface area contributed by atoms with Crippen LogP contribution in [0.4, 0.5) is 0 Å². The normalized spacial score (nSPS) is 21.9. The molecule has 1 fully saturated rings. The lowest BCUT2D eigenvalue weighted by molar-refractivity contribution is -0.0646. The summed E-state index contributed by atoms with van der Waals surface area (Å²) in [5, 5.41) is 4.29. The van der Waals surface area contributed by atoms with E-state index in [4.69, 9.17) is 9.47 Å². The van der Waals surface area contributed by atoms with Crippen molar-refractivity contribution in [2.45, 2.75) is 38.0 Å². The Labute approximate surface area is 129 Å². The average Bonchev–Trinajstić information content (AvgIpc) is 3.00. The Morgan fingerprint density at radius 3 is 2.64 bits per heavy atom. The SMILES string of the molecule is COC1CC(OC(=O)c2ccnn2[C@H](C)c2ccccc2)C1. The van der Waals surface area contributed by atoms with Crippen LogP contribution in [0.1, 0.15) is 41.9 Å². The molecule has 1 saturated carbocycles. The lowest BCUT2D eigenvalue weighted by atomic mass is 9.92. The van der Waals surface area contributed by atoms with Gasteiger partial charge in [-0.05, 0) is 18.6 Å². The van der Waals surface area contributed by atoms with E-state index in [1.165, 1.54) is 0 Å². The van der Waals surface area contributed by atoms with Crippen LogP contribution < -0.4 is 0 Å². The summed E-state index contributed by atoms with van der Waals surface area (Å²) in [7, 11) is 1.68. The Kier molecular flexibility index (Phi) is 4.24. The maximum atomic E-state index is 12.3. The summed E-state index contributed by atoms with van der Waals surface area (Å²) in [4.78, 5) is 12.3. The first-order valence-electron chi connectivity index (χ1n) is 7.51. The van der Waals surface area contributed by atoms with Gasteiger partial charge in [0.1, 0.15) is 11.8 Å². The monoisotopic (exact) mass is 300 g/mol. The van der Waals surface area contributed by atoms with E-state index < -0.39 is 0 Å². The standard InChI is InChI=1S/C17H20N2O3/c1-12(13-6-4-3-5-7-13)19-16(8-9-18-19)17(20)22-15-10-14(11-15)21-2/h3-9,12,14-15H,10-11H2,1-2H3/t12-,14?,15?/m1/s1. The van der Waals surface area contributed by atoms with Crippen LogP contribution in [-0.4, -0.2) is 35.1 Å². The molecule has 5 nitrogen and oxygen atoms in total. The van der Waals surface area contributed by atoms with Crippen molar-refractivity contribution >= 4 is 5.97 Å². The molecule has 116 valence electrons. The van der Waals surface area contributed by atoms with Crippen LogP contribution in [0.5, 0.6) is 0 Å². The smallest absolute Gasteiger partial charge is 0.356 e. The van der Waals surface area contributed by atoms with Gasteiger partial charge in [-0.2, -0.15) is 5.10 Å². The van der Waals surface area contributed by atoms with Gasteiger partial charge in [-0.3, -0.25) is 4.68 Å². The minimum Gasteiger partial charge on any atom is -0.457 e. The van der Waals surface area contributed by atoms with Gasteiger partial charge in [0.2, 0.25) is 0 Å². The fraction of sp³-hybridized carbons (Fsp3) is 0.412. The number of aromatic nitrogens is 2. The average molecular weight is 300 g/mol. The molecule has 0 amide bonds. The number of nitrogens with zero attached hydrogens (tertiary/aromatic N) is 2.